The minimum atomic E-state index is 0.711. The Morgan fingerprint density at radius 2 is 2.11 bits per heavy atom. The third-order valence-electron chi connectivity index (χ3n) is 4.12. The predicted octanol–water partition coefficient (Wildman–Crippen LogP) is 2.57. The molecule has 1 aromatic heterocycles. The second-order valence-electron chi connectivity index (χ2n) is 5.80. The third kappa shape index (κ3) is 4.03. The molecule has 1 saturated carbocycles. The third-order valence-corrected chi connectivity index (χ3v) is 4.12. The van der Waals surface area contributed by atoms with Crippen molar-refractivity contribution in [3.63, 3.8) is 0 Å². The highest BCUT2D eigenvalue weighted by atomic mass is 15.3. The molecule has 0 spiro atoms. The molecule has 2 unspecified atom stereocenters. The van der Waals surface area contributed by atoms with Gasteiger partial charge in [0.15, 0.2) is 5.82 Å². The summed E-state index contributed by atoms with van der Waals surface area (Å²) < 4.78 is 2.08. The van der Waals surface area contributed by atoms with E-state index in [1.807, 2.05) is 0 Å². The maximum Gasteiger partial charge on any atom is 0.150 e. The normalized spacial score (nSPS) is 23.7. The van der Waals surface area contributed by atoms with Gasteiger partial charge in [0, 0.05) is 25.4 Å². The van der Waals surface area contributed by atoms with Gasteiger partial charge < -0.3 is 5.32 Å². The zero-order valence-corrected chi connectivity index (χ0v) is 12.7. The van der Waals surface area contributed by atoms with Crippen molar-refractivity contribution < 1.29 is 0 Å². The van der Waals surface area contributed by atoms with Crippen LogP contribution in [0.2, 0.25) is 0 Å². The van der Waals surface area contributed by atoms with Crippen molar-refractivity contribution >= 4 is 0 Å². The molecule has 19 heavy (non-hydrogen) atoms. The first-order valence-electron chi connectivity index (χ1n) is 7.88. The Morgan fingerprint density at radius 1 is 1.26 bits per heavy atom. The van der Waals surface area contributed by atoms with Crippen molar-refractivity contribution in [2.75, 3.05) is 6.54 Å². The summed E-state index contributed by atoms with van der Waals surface area (Å²) >= 11 is 0. The number of rotatable bonds is 6. The summed E-state index contributed by atoms with van der Waals surface area (Å²) in [4.78, 5) is 4.55. The monoisotopic (exact) mass is 264 g/mol. The number of nitrogens with zero attached hydrogens (tertiary/aromatic N) is 3. The van der Waals surface area contributed by atoms with Crippen molar-refractivity contribution in [1.82, 2.24) is 20.1 Å². The van der Waals surface area contributed by atoms with Crippen LogP contribution in [0.4, 0.5) is 0 Å². The van der Waals surface area contributed by atoms with Crippen LogP contribution in [0.1, 0.15) is 58.1 Å². The van der Waals surface area contributed by atoms with E-state index in [0.717, 1.165) is 43.5 Å². The van der Waals surface area contributed by atoms with Crippen molar-refractivity contribution in [2.24, 2.45) is 5.92 Å². The Balaban J connectivity index is 1.80. The van der Waals surface area contributed by atoms with Gasteiger partial charge in [-0.25, -0.2) is 9.67 Å². The summed E-state index contributed by atoms with van der Waals surface area (Å²) in [6.45, 7) is 8.59. The van der Waals surface area contributed by atoms with Gasteiger partial charge in [-0.2, -0.15) is 5.10 Å². The second-order valence-corrected chi connectivity index (χ2v) is 5.80. The van der Waals surface area contributed by atoms with Crippen molar-refractivity contribution in [1.29, 1.82) is 0 Å². The first-order valence-corrected chi connectivity index (χ1v) is 7.88. The maximum absolute atomic E-state index is 4.56. The molecule has 2 rings (SSSR count). The van der Waals surface area contributed by atoms with Gasteiger partial charge in [-0.3, -0.25) is 0 Å². The molecule has 0 aromatic carbocycles. The van der Waals surface area contributed by atoms with Crippen LogP contribution in [-0.2, 0) is 19.4 Å². The molecule has 0 radical (unpaired) electrons. The molecule has 1 aromatic rings. The van der Waals surface area contributed by atoms with E-state index in [1.54, 1.807) is 0 Å². The molecular weight excluding hydrogens is 236 g/mol. The Hall–Kier alpha value is -0.900. The fraction of sp³-hybridized carbons (Fsp3) is 0.867. The average molecular weight is 264 g/mol. The van der Waals surface area contributed by atoms with Gasteiger partial charge in [-0.05, 0) is 18.8 Å². The molecule has 1 fully saturated rings. The SMILES string of the molecule is CCc1nc(CC)n(CCNC2CCCC(C)C2)n1. The number of aryl methyl sites for hydroxylation is 2. The lowest BCUT2D eigenvalue weighted by Crippen LogP contribution is -2.35. The second kappa shape index (κ2) is 7.04. The summed E-state index contributed by atoms with van der Waals surface area (Å²) in [6, 6.07) is 0.711. The standard InChI is InChI=1S/C15H28N4/c1-4-14-17-15(5-2)19(18-14)10-9-16-13-8-6-7-12(3)11-13/h12-13,16H,4-11H2,1-3H3. The molecule has 2 atom stereocenters. The Morgan fingerprint density at radius 3 is 2.79 bits per heavy atom. The summed E-state index contributed by atoms with van der Waals surface area (Å²) in [5, 5.41) is 8.25. The highest BCUT2D eigenvalue weighted by Gasteiger charge is 2.18. The van der Waals surface area contributed by atoms with Crippen LogP contribution >= 0.6 is 0 Å². The van der Waals surface area contributed by atoms with Gasteiger partial charge in [-0.15, -0.1) is 0 Å². The van der Waals surface area contributed by atoms with E-state index < -0.39 is 0 Å². The van der Waals surface area contributed by atoms with E-state index in [-0.39, 0.29) is 0 Å². The minimum Gasteiger partial charge on any atom is -0.312 e. The van der Waals surface area contributed by atoms with Crippen molar-refractivity contribution in [2.45, 2.75) is 71.9 Å². The van der Waals surface area contributed by atoms with Crippen LogP contribution in [-0.4, -0.2) is 27.4 Å². The Bertz CT molecular complexity index is 385. The minimum absolute atomic E-state index is 0.711. The number of nitrogens with one attached hydrogen (secondary N) is 1. The quantitative estimate of drug-likeness (QED) is 0.858. The summed E-state index contributed by atoms with van der Waals surface area (Å²) in [5.74, 6) is 2.98. The molecule has 108 valence electrons. The topological polar surface area (TPSA) is 42.7 Å². The van der Waals surface area contributed by atoms with Gasteiger partial charge in [-0.1, -0.05) is 33.6 Å². The zero-order chi connectivity index (χ0) is 13.7. The lowest BCUT2D eigenvalue weighted by molar-refractivity contribution is 0.297. The van der Waals surface area contributed by atoms with E-state index in [0.29, 0.717) is 6.04 Å². The van der Waals surface area contributed by atoms with Crippen molar-refractivity contribution in [3.05, 3.63) is 11.6 Å². The molecular formula is C15H28N4. The molecule has 4 heteroatoms. The van der Waals surface area contributed by atoms with Crippen LogP contribution in [0.15, 0.2) is 0 Å². The smallest absolute Gasteiger partial charge is 0.150 e. The number of aromatic nitrogens is 3. The lowest BCUT2D eigenvalue weighted by Gasteiger charge is -2.27. The molecule has 0 bridgehead atoms. The molecule has 0 aliphatic heterocycles. The molecule has 1 aliphatic rings. The number of hydrogen-bond acceptors (Lipinski definition) is 3. The summed E-state index contributed by atoms with van der Waals surface area (Å²) in [5.41, 5.74) is 0. The van der Waals surface area contributed by atoms with E-state index in [4.69, 9.17) is 0 Å². The van der Waals surface area contributed by atoms with Crippen LogP contribution in [0.25, 0.3) is 0 Å². The molecule has 4 nitrogen and oxygen atoms in total. The van der Waals surface area contributed by atoms with Gasteiger partial charge >= 0.3 is 0 Å². The molecule has 1 heterocycles. The van der Waals surface area contributed by atoms with Gasteiger partial charge in [0.1, 0.15) is 5.82 Å². The van der Waals surface area contributed by atoms with Gasteiger partial charge in [0.2, 0.25) is 0 Å². The molecule has 1 aliphatic carbocycles. The van der Waals surface area contributed by atoms with E-state index in [1.165, 1.54) is 25.7 Å². The summed E-state index contributed by atoms with van der Waals surface area (Å²) in [6.07, 6.45) is 7.34. The van der Waals surface area contributed by atoms with E-state index >= 15 is 0 Å². The highest BCUT2D eigenvalue weighted by Crippen LogP contribution is 2.23. The highest BCUT2D eigenvalue weighted by molar-refractivity contribution is 4.92. The first kappa shape index (κ1) is 14.5. The average Bonchev–Trinajstić information content (AvgIpc) is 2.81. The van der Waals surface area contributed by atoms with Gasteiger partial charge in [0.05, 0.1) is 6.54 Å². The van der Waals surface area contributed by atoms with Crippen LogP contribution in [0, 0.1) is 5.92 Å². The Labute approximate surface area is 117 Å². The number of hydrogen-bond donors (Lipinski definition) is 1. The lowest BCUT2D eigenvalue weighted by atomic mass is 9.87. The molecule has 1 N–H and O–H groups in total. The summed E-state index contributed by atoms with van der Waals surface area (Å²) in [7, 11) is 0. The van der Waals surface area contributed by atoms with Crippen LogP contribution in [0.5, 0.6) is 0 Å². The zero-order valence-electron chi connectivity index (χ0n) is 12.7. The molecule has 0 amide bonds. The predicted molar refractivity (Wildman–Crippen MR) is 78.2 cm³/mol. The fourth-order valence-electron chi connectivity index (χ4n) is 3.01. The van der Waals surface area contributed by atoms with E-state index in [2.05, 4.69) is 40.9 Å². The van der Waals surface area contributed by atoms with E-state index in [9.17, 15) is 0 Å². The Kier molecular flexibility index (Phi) is 5.37. The van der Waals surface area contributed by atoms with Crippen molar-refractivity contribution in [3.8, 4) is 0 Å². The fourth-order valence-corrected chi connectivity index (χ4v) is 3.01. The largest absolute Gasteiger partial charge is 0.312 e. The first-order chi connectivity index (χ1) is 9.22. The van der Waals surface area contributed by atoms with Gasteiger partial charge in [0.25, 0.3) is 0 Å². The maximum atomic E-state index is 4.56. The van der Waals surface area contributed by atoms with Crippen LogP contribution in [0.3, 0.4) is 0 Å². The van der Waals surface area contributed by atoms with Crippen LogP contribution < -0.4 is 5.32 Å². The molecule has 0 saturated heterocycles.